The molecule has 1 aromatic heterocycles. The van der Waals surface area contributed by atoms with Gasteiger partial charge >= 0.3 is 0 Å². The van der Waals surface area contributed by atoms with Gasteiger partial charge in [0.15, 0.2) is 11.5 Å². The smallest absolute Gasteiger partial charge is 0.161 e. The van der Waals surface area contributed by atoms with Gasteiger partial charge in [-0.3, -0.25) is 0 Å². The Bertz CT molecular complexity index is 623. The molecule has 1 unspecified atom stereocenters. The quantitative estimate of drug-likeness (QED) is 0.860. The van der Waals surface area contributed by atoms with Crippen molar-refractivity contribution in [2.75, 3.05) is 13.7 Å². The number of nitrogens with one attached hydrogen (secondary N) is 1. The molecule has 0 amide bonds. The lowest BCUT2D eigenvalue weighted by Gasteiger charge is -2.24. The minimum absolute atomic E-state index is 0.479. The summed E-state index contributed by atoms with van der Waals surface area (Å²) in [5, 5.41) is 5.91. The highest BCUT2D eigenvalue weighted by Crippen LogP contribution is 2.34. The van der Waals surface area contributed by atoms with Crippen molar-refractivity contribution in [1.82, 2.24) is 5.32 Å². The Morgan fingerprint density at radius 1 is 1.27 bits per heavy atom. The number of benzene rings is 1. The monoisotopic (exact) mass is 317 g/mol. The van der Waals surface area contributed by atoms with Crippen molar-refractivity contribution in [3.63, 3.8) is 0 Å². The molecule has 0 radical (unpaired) electrons. The van der Waals surface area contributed by atoms with E-state index in [0.29, 0.717) is 12.6 Å². The van der Waals surface area contributed by atoms with Crippen molar-refractivity contribution in [1.29, 1.82) is 0 Å². The number of hydrogen-bond donors (Lipinski definition) is 1. The predicted octanol–water partition coefficient (Wildman–Crippen LogP) is 4.32. The maximum Gasteiger partial charge on any atom is 0.161 e. The first-order valence-corrected chi connectivity index (χ1v) is 8.79. The van der Waals surface area contributed by atoms with E-state index in [1.165, 1.54) is 30.4 Å². The summed E-state index contributed by atoms with van der Waals surface area (Å²) >= 11 is 1.89. The van der Waals surface area contributed by atoms with Crippen LogP contribution < -0.4 is 14.8 Å². The highest BCUT2D eigenvalue weighted by Gasteiger charge is 2.20. The average molecular weight is 317 g/mol. The molecule has 0 spiro atoms. The van der Waals surface area contributed by atoms with E-state index in [9.17, 15) is 0 Å². The first-order valence-electron chi connectivity index (χ1n) is 7.91. The van der Waals surface area contributed by atoms with Gasteiger partial charge in [0.05, 0.1) is 13.7 Å². The van der Waals surface area contributed by atoms with Crippen LogP contribution in [0.2, 0.25) is 0 Å². The normalized spacial score (nSPS) is 17.1. The van der Waals surface area contributed by atoms with Crippen LogP contribution in [-0.2, 0) is 13.0 Å². The van der Waals surface area contributed by atoms with Gasteiger partial charge in [-0.25, -0.2) is 0 Å². The molecule has 1 aromatic carbocycles. The molecule has 1 aliphatic rings. The molecular weight excluding hydrogens is 294 g/mol. The SMILES string of the molecule is CCOc1cc(CNC2CCCc3sccc32)ccc1OC. The van der Waals surface area contributed by atoms with E-state index in [4.69, 9.17) is 9.47 Å². The van der Waals surface area contributed by atoms with Gasteiger partial charge < -0.3 is 14.8 Å². The third-order valence-corrected chi connectivity index (χ3v) is 5.13. The molecule has 3 rings (SSSR count). The maximum atomic E-state index is 5.65. The second-order valence-corrected chi connectivity index (χ2v) is 6.54. The van der Waals surface area contributed by atoms with E-state index in [-0.39, 0.29) is 0 Å². The lowest BCUT2D eigenvalue weighted by Crippen LogP contribution is -2.23. The van der Waals surface area contributed by atoms with Gasteiger partial charge in [0.1, 0.15) is 0 Å². The van der Waals surface area contributed by atoms with Crippen LogP contribution in [0.25, 0.3) is 0 Å². The van der Waals surface area contributed by atoms with Crippen molar-refractivity contribution in [2.45, 2.75) is 38.8 Å². The zero-order chi connectivity index (χ0) is 15.4. The Morgan fingerprint density at radius 2 is 2.18 bits per heavy atom. The first kappa shape index (κ1) is 15.4. The summed E-state index contributed by atoms with van der Waals surface area (Å²) in [5.74, 6) is 1.62. The molecule has 22 heavy (non-hydrogen) atoms. The van der Waals surface area contributed by atoms with E-state index in [1.54, 1.807) is 12.0 Å². The summed E-state index contributed by atoms with van der Waals surface area (Å²) in [6, 6.07) is 8.92. The Labute approximate surface area is 136 Å². The zero-order valence-electron chi connectivity index (χ0n) is 13.2. The first-order chi connectivity index (χ1) is 10.8. The number of thiophene rings is 1. The second kappa shape index (κ2) is 7.16. The van der Waals surface area contributed by atoms with E-state index in [0.717, 1.165) is 18.0 Å². The van der Waals surface area contributed by atoms with Gasteiger partial charge in [-0.05, 0) is 60.9 Å². The molecule has 3 nitrogen and oxygen atoms in total. The number of methoxy groups -OCH3 is 1. The van der Waals surface area contributed by atoms with Gasteiger partial charge in [-0.2, -0.15) is 0 Å². The minimum atomic E-state index is 0.479. The summed E-state index contributed by atoms with van der Waals surface area (Å²) < 4.78 is 11.0. The van der Waals surface area contributed by atoms with Crippen LogP contribution >= 0.6 is 11.3 Å². The number of hydrogen-bond acceptors (Lipinski definition) is 4. The topological polar surface area (TPSA) is 30.5 Å². The molecule has 2 aromatic rings. The fourth-order valence-electron chi connectivity index (χ4n) is 3.04. The number of fused-ring (bicyclic) bond motifs is 1. The molecule has 4 heteroatoms. The summed E-state index contributed by atoms with van der Waals surface area (Å²) in [6.45, 7) is 3.49. The van der Waals surface area contributed by atoms with Gasteiger partial charge in [0.2, 0.25) is 0 Å². The minimum Gasteiger partial charge on any atom is -0.493 e. The van der Waals surface area contributed by atoms with Crippen LogP contribution in [0.15, 0.2) is 29.6 Å². The Balaban J connectivity index is 1.68. The molecule has 0 fully saturated rings. The number of ether oxygens (including phenoxy) is 2. The molecule has 1 atom stereocenters. The van der Waals surface area contributed by atoms with Crippen LogP contribution in [0.4, 0.5) is 0 Å². The fraction of sp³-hybridized carbons (Fsp3) is 0.444. The Hall–Kier alpha value is -1.52. The van der Waals surface area contributed by atoms with E-state index >= 15 is 0 Å². The average Bonchev–Trinajstić information content (AvgIpc) is 3.02. The van der Waals surface area contributed by atoms with Gasteiger partial charge in [0.25, 0.3) is 0 Å². The second-order valence-electron chi connectivity index (χ2n) is 5.54. The molecule has 1 N–H and O–H groups in total. The van der Waals surface area contributed by atoms with Crippen molar-refractivity contribution in [2.24, 2.45) is 0 Å². The molecule has 0 bridgehead atoms. The van der Waals surface area contributed by atoms with Crippen LogP contribution in [-0.4, -0.2) is 13.7 Å². The van der Waals surface area contributed by atoms with Crippen molar-refractivity contribution in [3.8, 4) is 11.5 Å². The van der Waals surface area contributed by atoms with Crippen LogP contribution in [0.3, 0.4) is 0 Å². The van der Waals surface area contributed by atoms with E-state index in [1.807, 2.05) is 24.3 Å². The zero-order valence-corrected chi connectivity index (χ0v) is 14.0. The molecular formula is C18H23NO2S. The van der Waals surface area contributed by atoms with Crippen molar-refractivity contribution in [3.05, 3.63) is 45.6 Å². The highest BCUT2D eigenvalue weighted by atomic mass is 32.1. The number of rotatable bonds is 6. The molecule has 0 saturated carbocycles. The third-order valence-electron chi connectivity index (χ3n) is 4.13. The standard InChI is InChI=1S/C18H23NO2S/c1-3-21-17-11-13(7-8-16(17)20-2)12-19-15-5-4-6-18-14(15)9-10-22-18/h7-11,15,19H,3-6,12H2,1-2H3. The fourth-order valence-corrected chi connectivity index (χ4v) is 4.03. The summed E-state index contributed by atoms with van der Waals surface area (Å²) in [4.78, 5) is 1.55. The lowest BCUT2D eigenvalue weighted by molar-refractivity contribution is 0.310. The largest absolute Gasteiger partial charge is 0.493 e. The molecule has 118 valence electrons. The summed E-state index contributed by atoms with van der Waals surface area (Å²) in [7, 11) is 1.68. The third kappa shape index (κ3) is 3.28. The molecule has 1 heterocycles. The Kier molecular flexibility index (Phi) is 5.01. The van der Waals surface area contributed by atoms with E-state index < -0.39 is 0 Å². The Morgan fingerprint density at radius 3 is 3.00 bits per heavy atom. The van der Waals surface area contributed by atoms with Crippen molar-refractivity contribution >= 4 is 11.3 Å². The van der Waals surface area contributed by atoms with Crippen LogP contribution in [0.5, 0.6) is 11.5 Å². The molecule has 0 saturated heterocycles. The molecule has 0 aliphatic heterocycles. The van der Waals surface area contributed by atoms with Crippen molar-refractivity contribution < 1.29 is 9.47 Å². The highest BCUT2D eigenvalue weighted by molar-refractivity contribution is 7.10. The summed E-state index contributed by atoms with van der Waals surface area (Å²) in [5.41, 5.74) is 2.72. The van der Waals surface area contributed by atoms with E-state index in [2.05, 4.69) is 28.9 Å². The maximum absolute atomic E-state index is 5.65. The number of aryl methyl sites for hydroxylation is 1. The lowest BCUT2D eigenvalue weighted by atomic mass is 9.94. The van der Waals surface area contributed by atoms with Gasteiger partial charge in [0, 0.05) is 17.5 Å². The van der Waals surface area contributed by atoms with Gasteiger partial charge in [-0.15, -0.1) is 11.3 Å². The van der Waals surface area contributed by atoms with Crippen LogP contribution in [0.1, 0.15) is 41.8 Å². The predicted molar refractivity (Wildman–Crippen MR) is 91.0 cm³/mol. The molecule has 1 aliphatic carbocycles. The van der Waals surface area contributed by atoms with Crippen LogP contribution in [0, 0.1) is 0 Å². The summed E-state index contributed by atoms with van der Waals surface area (Å²) in [6.07, 6.45) is 3.73. The van der Waals surface area contributed by atoms with Gasteiger partial charge in [-0.1, -0.05) is 6.07 Å².